The molecule has 116 valence electrons. The summed E-state index contributed by atoms with van der Waals surface area (Å²) < 4.78 is 0. The maximum atomic E-state index is 12.7. The first-order chi connectivity index (χ1) is 10.6. The fraction of sp³-hybridized carbons (Fsp3) is 0.444. The Kier molecular flexibility index (Phi) is 4.01. The predicted molar refractivity (Wildman–Crippen MR) is 87.0 cm³/mol. The zero-order chi connectivity index (χ0) is 15.7. The Morgan fingerprint density at radius 1 is 1.41 bits per heavy atom. The van der Waals surface area contributed by atoms with E-state index in [2.05, 4.69) is 55.2 Å². The normalized spacial score (nSPS) is 21.3. The molecule has 22 heavy (non-hydrogen) atoms. The number of likely N-dealkylation sites (tertiary alicyclic amines) is 1. The van der Waals surface area contributed by atoms with E-state index in [-0.39, 0.29) is 11.9 Å². The number of aryl methyl sites for hydroxylation is 2. The van der Waals surface area contributed by atoms with E-state index < -0.39 is 0 Å². The summed E-state index contributed by atoms with van der Waals surface area (Å²) in [5.41, 5.74) is 4.21. The second-order valence-electron chi connectivity index (χ2n) is 6.23. The number of rotatable bonds is 3. The van der Waals surface area contributed by atoms with Crippen molar-refractivity contribution in [2.45, 2.75) is 45.6 Å². The maximum absolute atomic E-state index is 12.7. The first kappa shape index (κ1) is 14.8. The van der Waals surface area contributed by atoms with Gasteiger partial charge in [0.05, 0.1) is 0 Å². The maximum Gasteiger partial charge on any atom is 0.274 e. The molecule has 0 saturated carbocycles. The summed E-state index contributed by atoms with van der Waals surface area (Å²) in [5, 5.41) is 7.09. The van der Waals surface area contributed by atoms with Crippen LogP contribution in [0.15, 0.2) is 30.3 Å². The molecule has 4 nitrogen and oxygen atoms in total. The third-order valence-corrected chi connectivity index (χ3v) is 4.69. The summed E-state index contributed by atoms with van der Waals surface area (Å²) in [6.45, 7) is 7.10. The Balaban J connectivity index is 1.78. The van der Waals surface area contributed by atoms with Crippen LogP contribution in [0.2, 0.25) is 0 Å². The lowest BCUT2D eigenvalue weighted by molar-refractivity contribution is 0.0740. The molecule has 1 aliphatic rings. The molecule has 0 radical (unpaired) electrons. The third-order valence-electron chi connectivity index (χ3n) is 4.69. The van der Waals surface area contributed by atoms with Crippen LogP contribution in [0.5, 0.6) is 0 Å². The number of hydrogen-bond acceptors (Lipinski definition) is 2. The van der Waals surface area contributed by atoms with Crippen molar-refractivity contribution in [1.29, 1.82) is 0 Å². The van der Waals surface area contributed by atoms with Gasteiger partial charge >= 0.3 is 0 Å². The third kappa shape index (κ3) is 2.65. The largest absolute Gasteiger partial charge is 0.334 e. The van der Waals surface area contributed by atoms with E-state index in [0.717, 1.165) is 25.1 Å². The first-order valence-corrected chi connectivity index (χ1v) is 8.01. The molecule has 1 saturated heterocycles. The highest BCUT2D eigenvalue weighted by Gasteiger charge is 2.34. The minimum atomic E-state index is 0.0412. The molecule has 2 aromatic rings. The number of aromatic amines is 1. The van der Waals surface area contributed by atoms with Gasteiger partial charge in [-0.05, 0) is 43.9 Å². The molecule has 4 heteroatoms. The summed E-state index contributed by atoms with van der Waals surface area (Å²) >= 11 is 0. The number of aromatic nitrogens is 2. The van der Waals surface area contributed by atoms with Crippen molar-refractivity contribution in [3.05, 3.63) is 52.8 Å². The Hall–Kier alpha value is -2.10. The van der Waals surface area contributed by atoms with E-state index in [9.17, 15) is 4.79 Å². The molecule has 1 aliphatic heterocycles. The minimum Gasteiger partial charge on any atom is -0.334 e. The fourth-order valence-electron chi connectivity index (χ4n) is 3.38. The lowest BCUT2D eigenvalue weighted by Crippen LogP contribution is -2.34. The molecule has 0 spiro atoms. The van der Waals surface area contributed by atoms with Gasteiger partial charge in [0, 0.05) is 24.2 Å². The molecule has 1 fully saturated rings. The van der Waals surface area contributed by atoms with Crippen molar-refractivity contribution in [3.8, 4) is 0 Å². The smallest absolute Gasteiger partial charge is 0.274 e. The topological polar surface area (TPSA) is 49.0 Å². The molecule has 0 bridgehead atoms. The lowest BCUT2D eigenvalue weighted by Gasteiger charge is -2.20. The molecule has 3 rings (SSSR count). The van der Waals surface area contributed by atoms with Crippen LogP contribution >= 0.6 is 0 Å². The van der Waals surface area contributed by atoms with Crippen LogP contribution in [0, 0.1) is 6.92 Å². The van der Waals surface area contributed by atoms with Crippen LogP contribution in [-0.2, 0) is 6.42 Å². The minimum absolute atomic E-state index is 0.0412. The van der Waals surface area contributed by atoms with Crippen LogP contribution in [0.3, 0.4) is 0 Å². The average Bonchev–Trinajstić information content (AvgIpc) is 3.13. The van der Waals surface area contributed by atoms with E-state index in [0.29, 0.717) is 11.6 Å². The molecule has 1 N–H and O–H groups in total. The number of carbonyl (C=O) groups is 1. The Labute approximate surface area is 131 Å². The van der Waals surface area contributed by atoms with E-state index in [1.165, 1.54) is 11.1 Å². The van der Waals surface area contributed by atoms with E-state index >= 15 is 0 Å². The van der Waals surface area contributed by atoms with Gasteiger partial charge in [0.2, 0.25) is 0 Å². The fourth-order valence-corrected chi connectivity index (χ4v) is 3.38. The van der Waals surface area contributed by atoms with E-state index in [4.69, 9.17) is 0 Å². The highest BCUT2D eigenvalue weighted by atomic mass is 16.2. The molecule has 1 amide bonds. The van der Waals surface area contributed by atoms with Gasteiger partial charge in [0.15, 0.2) is 0 Å². The second kappa shape index (κ2) is 5.95. The number of benzene rings is 1. The van der Waals surface area contributed by atoms with Gasteiger partial charge in [0.1, 0.15) is 5.69 Å². The number of nitrogens with one attached hydrogen (secondary N) is 1. The number of nitrogens with zero attached hydrogens (tertiary/aromatic N) is 2. The highest BCUT2D eigenvalue weighted by molar-refractivity contribution is 5.92. The Morgan fingerprint density at radius 3 is 2.86 bits per heavy atom. The Morgan fingerprint density at radius 2 is 2.18 bits per heavy atom. The van der Waals surface area contributed by atoms with E-state index in [1.807, 2.05) is 11.0 Å². The molecular weight excluding hydrogens is 274 g/mol. The predicted octanol–water partition coefficient (Wildman–Crippen LogP) is 3.30. The summed E-state index contributed by atoms with van der Waals surface area (Å²) in [6, 6.07) is 10.6. The first-order valence-electron chi connectivity index (χ1n) is 8.01. The zero-order valence-electron chi connectivity index (χ0n) is 13.5. The van der Waals surface area contributed by atoms with Gasteiger partial charge in [-0.1, -0.05) is 31.2 Å². The molecule has 2 heterocycles. The number of carbonyl (C=O) groups excluding carboxylic acids is 1. The van der Waals surface area contributed by atoms with Crippen LogP contribution in [0.4, 0.5) is 0 Å². The van der Waals surface area contributed by atoms with Gasteiger partial charge in [0.25, 0.3) is 5.91 Å². The van der Waals surface area contributed by atoms with Gasteiger partial charge in [-0.15, -0.1) is 0 Å². The van der Waals surface area contributed by atoms with Crippen molar-refractivity contribution in [3.63, 3.8) is 0 Å². The molecule has 0 aliphatic carbocycles. The van der Waals surface area contributed by atoms with Crippen LogP contribution in [0.25, 0.3) is 0 Å². The summed E-state index contributed by atoms with van der Waals surface area (Å²) in [6.07, 6.45) is 1.88. The van der Waals surface area contributed by atoms with Crippen molar-refractivity contribution in [2.75, 3.05) is 6.54 Å². The van der Waals surface area contributed by atoms with Crippen molar-refractivity contribution >= 4 is 5.91 Å². The van der Waals surface area contributed by atoms with Gasteiger partial charge in [-0.25, -0.2) is 0 Å². The van der Waals surface area contributed by atoms with Gasteiger partial charge in [-0.2, -0.15) is 5.10 Å². The molecule has 2 unspecified atom stereocenters. The number of amides is 1. The monoisotopic (exact) mass is 297 g/mol. The lowest BCUT2D eigenvalue weighted by atomic mass is 9.93. The summed E-state index contributed by atoms with van der Waals surface area (Å²) in [5.74, 6) is 0.462. The SMILES string of the molecule is CCc1cc(C(=O)N2CC(c3ccccc3C)CC2C)n[nH]1. The van der Waals surface area contributed by atoms with Crippen molar-refractivity contribution in [1.82, 2.24) is 15.1 Å². The van der Waals surface area contributed by atoms with Crippen LogP contribution in [0.1, 0.15) is 53.5 Å². The zero-order valence-corrected chi connectivity index (χ0v) is 13.5. The molecule has 1 aromatic carbocycles. The Bertz CT molecular complexity index is 676. The second-order valence-corrected chi connectivity index (χ2v) is 6.23. The number of hydrogen-bond donors (Lipinski definition) is 1. The van der Waals surface area contributed by atoms with Crippen molar-refractivity contribution in [2.24, 2.45) is 0 Å². The van der Waals surface area contributed by atoms with E-state index in [1.54, 1.807) is 0 Å². The highest BCUT2D eigenvalue weighted by Crippen LogP contribution is 2.33. The summed E-state index contributed by atoms with van der Waals surface area (Å²) in [7, 11) is 0. The summed E-state index contributed by atoms with van der Waals surface area (Å²) in [4.78, 5) is 14.7. The van der Waals surface area contributed by atoms with Crippen LogP contribution in [-0.4, -0.2) is 33.6 Å². The van der Waals surface area contributed by atoms with Crippen molar-refractivity contribution < 1.29 is 4.79 Å². The molecule has 1 aromatic heterocycles. The van der Waals surface area contributed by atoms with Gasteiger partial charge in [-0.3, -0.25) is 9.89 Å². The average molecular weight is 297 g/mol. The standard InChI is InChI=1S/C18H23N3O/c1-4-15-10-17(20-19-15)18(22)21-11-14(9-13(21)3)16-8-6-5-7-12(16)2/h5-8,10,13-14H,4,9,11H2,1-3H3,(H,19,20). The number of H-pyrrole nitrogens is 1. The van der Waals surface area contributed by atoms with Crippen LogP contribution < -0.4 is 0 Å². The molecular formula is C18H23N3O. The molecule has 2 atom stereocenters. The van der Waals surface area contributed by atoms with Gasteiger partial charge < -0.3 is 4.90 Å². The quantitative estimate of drug-likeness (QED) is 0.945.